The van der Waals surface area contributed by atoms with Gasteiger partial charge in [-0.05, 0) is 25.1 Å². The maximum absolute atomic E-state index is 11.4. The fraction of sp³-hybridized carbons (Fsp3) is 0.167. The summed E-state index contributed by atoms with van der Waals surface area (Å²) < 4.78 is 1.74. The van der Waals surface area contributed by atoms with Gasteiger partial charge in [0.2, 0.25) is 0 Å². The molecule has 0 saturated heterocycles. The number of carbonyl (C=O) groups excluding carboxylic acids is 1. The zero-order valence-corrected chi connectivity index (χ0v) is 8.80. The van der Waals surface area contributed by atoms with E-state index in [1.165, 1.54) is 6.92 Å². The van der Waals surface area contributed by atoms with Crippen LogP contribution in [0.1, 0.15) is 23.0 Å². The van der Waals surface area contributed by atoms with Crippen molar-refractivity contribution < 1.29 is 14.7 Å². The number of rotatable bonds is 3. The molecule has 2 aromatic rings. The Morgan fingerprint density at radius 2 is 2.12 bits per heavy atom. The maximum atomic E-state index is 11.4. The van der Waals surface area contributed by atoms with E-state index in [0.29, 0.717) is 11.3 Å². The Morgan fingerprint density at radius 1 is 1.38 bits per heavy atom. The topological polar surface area (TPSA) is 58.8 Å². The number of carbonyl (C=O) groups is 2. The second kappa shape index (κ2) is 3.81. The van der Waals surface area contributed by atoms with Gasteiger partial charge in [-0.1, -0.05) is 6.07 Å². The summed E-state index contributed by atoms with van der Waals surface area (Å²) in [7, 11) is 0. The third-order valence-electron chi connectivity index (χ3n) is 2.47. The van der Waals surface area contributed by atoms with Crippen molar-refractivity contribution in [3.05, 3.63) is 41.7 Å². The van der Waals surface area contributed by atoms with E-state index in [1.807, 2.05) is 18.2 Å². The summed E-state index contributed by atoms with van der Waals surface area (Å²) >= 11 is 0. The maximum Gasteiger partial charge on any atom is 0.309 e. The minimum Gasteiger partial charge on any atom is -0.481 e. The Labute approximate surface area is 92.1 Å². The van der Waals surface area contributed by atoms with Crippen molar-refractivity contribution >= 4 is 17.3 Å². The Balaban J connectivity index is 2.66. The van der Waals surface area contributed by atoms with Gasteiger partial charge in [-0.15, -0.1) is 0 Å². The van der Waals surface area contributed by atoms with Gasteiger partial charge in [0.05, 0.1) is 11.9 Å². The molecule has 0 bridgehead atoms. The first kappa shape index (κ1) is 10.4. The number of aliphatic carboxylic acids is 1. The van der Waals surface area contributed by atoms with E-state index in [1.54, 1.807) is 16.7 Å². The van der Waals surface area contributed by atoms with Crippen LogP contribution < -0.4 is 0 Å². The van der Waals surface area contributed by atoms with Crippen LogP contribution in [0.5, 0.6) is 0 Å². The molecular weight excluding hydrogens is 206 g/mol. The van der Waals surface area contributed by atoms with Crippen LogP contribution in [-0.4, -0.2) is 21.3 Å². The predicted octanol–water partition coefficient (Wildman–Crippen LogP) is 1.77. The largest absolute Gasteiger partial charge is 0.481 e. The van der Waals surface area contributed by atoms with Crippen molar-refractivity contribution in [2.24, 2.45) is 0 Å². The minimum absolute atomic E-state index is 0.0552. The molecule has 0 fully saturated rings. The van der Waals surface area contributed by atoms with Gasteiger partial charge in [-0.2, -0.15) is 0 Å². The number of Topliss-reactive ketones (excluding diaryl/α,β-unsaturated/α-hetero) is 1. The van der Waals surface area contributed by atoms with Crippen LogP contribution in [0.3, 0.4) is 0 Å². The predicted molar refractivity (Wildman–Crippen MR) is 58.7 cm³/mol. The molecule has 2 heterocycles. The molecule has 4 heteroatoms. The van der Waals surface area contributed by atoms with Crippen molar-refractivity contribution in [1.29, 1.82) is 0 Å². The van der Waals surface area contributed by atoms with Crippen molar-refractivity contribution in [3.8, 4) is 0 Å². The molecule has 2 rings (SSSR count). The van der Waals surface area contributed by atoms with Crippen LogP contribution in [0, 0.1) is 0 Å². The molecule has 82 valence electrons. The highest BCUT2D eigenvalue weighted by atomic mass is 16.4. The normalized spacial score (nSPS) is 10.6. The molecule has 0 aromatic carbocycles. The van der Waals surface area contributed by atoms with Gasteiger partial charge in [0.25, 0.3) is 0 Å². The summed E-state index contributed by atoms with van der Waals surface area (Å²) in [5.41, 5.74) is 1.94. The van der Waals surface area contributed by atoms with E-state index in [0.717, 1.165) is 5.52 Å². The molecule has 0 spiro atoms. The number of ketones is 1. The molecular formula is C12H11NO3. The zero-order chi connectivity index (χ0) is 11.7. The van der Waals surface area contributed by atoms with E-state index < -0.39 is 5.97 Å². The second-order valence-electron chi connectivity index (χ2n) is 3.63. The summed E-state index contributed by atoms with van der Waals surface area (Å²) in [6.07, 6.45) is 1.68. The smallest absolute Gasteiger partial charge is 0.309 e. The lowest BCUT2D eigenvalue weighted by atomic mass is 10.2. The number of aromatic nitrogens is 1. The van der Waals surface area contributed by atoms with Gasteiger partial charge in [0.15, 0.2) is 5.78 Å². The third-order valence-corrected chi connectivity index (χ3v) is 2.47. The number of nitrogens with zero attached hydrogens (tertiary/aromatic N) is 1. The highest BCUT2D eigenvalue weighted by molar-refractivity contribution is 6.01. The SMILES string of the molecule is CC(=O)c1cc(CC(=O)O)n2ccccc12. The number of carboxylic acids is 1. The molecule has 0 aliphatic heterocycles. The van der Waals surface area contributed by atoms with E-state index in [2.05, 4.69) is 0 Å². The fourth-order valence-electron chi connectivity index (χ4n) is 1.80. The van der Waals surface area contributed by atoms with Crippen LogP contribution in [0.4, 0.5) is 0 Å². The van der Waals surface area contributed by atoms with Crippen LogP contribution >= 0.6 is 0 Å². The molecule has 0 aliphatic rings. The van der Waals surface area contributed by atoms with Gasteiger partial charge >= 0.3 is 5.97 Å². The van der Waals surface area contributed by atoms with Crippen molar-refractivity contribution in [1.82, 2.24) is 4.40 Å². The van der Waals surface area contributed by atoms with Crippen LogP contribution in [0.25, 0.3) is 5.52 Å². The van der Waals surface area contributed by atoms with Gasteiger partial charge in [0, 0.05) is 17.5 Å². The molecule has 4 nitrogen and oxygen atoms in total. The first-order valence-corrected chi connectivity index (χ1v) is 4.91. The number of carboxylic acid groups (broad SMARTS) is 1. The summed E-state index contributed by atoms with van der Waals surface area (Å²) in [6.45, 7) is 1.48. The van der Waals surface area contributed by atoms with E-state index >= 15 is 0 Å². The molecule has 16 heavy (non-hydrogen) atoms. The molecule has 0 aliphatic carbocycles. The van der Waals surface area contributed by atoms with Gasteiger partial charge in [-0.3, -0.25) is 9.59 Å². The van der Waals surface area contributed by atoms with Crippen LogP contribution in [0.15, 0.2) is 30.5 Å². The average molecular weight is 217 g/mol. The first-order chi connectivity index (χ1) is 7.59. The number of fused-ring (bicyclic) bond motifs is 1. The van der Waals surface area contributed by atoms with E-state index in [-0.39, 0.29) is 12.2 Å². The Hall–Kier alpha value is -2.10. The minimum atomic E-state index is -0.904. The monoisotopic (exact) mass is 217 g/mol. The summed E-state index contributed by atoms with van der Waals surface area (Å²) in [5, 5.41) is 8.78. The van der Waals surface area contributed by atoms with E-state index in [9.17, 15) is 9.59 Å². The van der Waals surface area contributed by atoms with Gasteiger partial charge < -0.3 is 9.51 Å². The number of pyridine rings is 1. The standard InChI is InChI=1S/C12H11NO3/c1-8(14)10-6-9(7-12(15)16)13-5-3-2-4-11(10)13/h2-6H,7H2,1H3,(H,15,16). The lowest BCUT2D eigenvalue weighted by Crippen LogP contribution is -2.02. The zero-order valence-electron chi connectivity index (χ0n) is 8.80. The lowest BCUT2D eigenvalue weighted by Gasteiger charge is -1.98. The van der Waals surface area contributed by atoms with Crippen LogP contribution in [-0.2, 0) is 11.2 Å². The molecule has 0 unspecified atom stereocenters. The van der Waals surface area contributed by atoms with Crippen molar-refractivity contribution in [2.75, 3.05) is 0 Å². The third kappa shape index (κ3) is 1.69. The van der Waals surface area contributed by atoms with Gasteiger partial charge in [0.1, 0.15) is 0 Å². The molecule has 1 N–H and O–H groups in total. The molecule has 0 saturated carbocycles. The number of hydrogen-bond acceptors (Lipinski definition) is 2. The molecule has 2 aromatic heterocycles. The highest BCUT2D eigenvalue weighted by Gasteiger charge is 2.13. The Morgan fingerprint density at radius 3 is 2.75 bits per heavy atom. The lowest BCUT2D eigenvalue weighted by molar-refractivity contribution is -0.136. The van der Waals surface area contributed by atoms with Crippen molar-refractivity contribution in [2.45, 2.75) is 13.3 Å². The number of hydrogen-bond donors (Lipinski definition) is 1. The summed E-state index contributed by atoms with van der Waals surface area (Å²) in [6, 6.07) is 7.09. The first-order valence-electron chi connectivity index (χ1n) is 4.91. The average Bonchev–Trinajstić information content (AvgIpc) is 2.57. The Bertz CT molecular complexity index is 569. The summed E-state index contributed by atoms with van der Waals surface area (Å²) in [4.78, 5) is 22.1. The van der Waals surface area contributed by atoms with E-state index in [4.69, 9.17) is 5.11 Å². The fourth-order valence-corrected chi connectivity index (χ4v) is 1.80. The Kier molecular flexibility index (Phi) is 2.48. The van der Waals surface area contributed by atoms with Crippen molar-refractivity contribution in [3.63, 3.8) is 0 Å². The molecule has 0 radical (unpaired) electrons. The highest BCUT2D eigenvalue weighted by Crippen LogP contribution is 2.18. The van der Waals surface area contributed by atoms with Gasteiger partial charge in [-0.25, -0.2) is 0 Å². The molecule has 0 atom stereocenters. The second-order valence-corrected chi connectivity index (χ2v) is 3.63. The summed E-state index contributed by atoms with van der Waals surface area (Å²) in [5.74, 6) is -0.960. The molecule has 0 amide bonds. The van der Waals surface area contributed by atoms with Crippen LogP contribution in [0.2, 0.25) is 0 Å². The quantitative estimate of drug-likeness (QED) is 0.797.